The zero-order valence-electron chi connectivity index (χ0n) is 8.27. The van der Waals surface area contributed by atoms with Crippen molar-refractivity contribution in [3.05, 3.63) is 0 Å². The van der Waals surface area contributed by atoms with Crippen molar-refractivity contribution in [1.29, 1.82) is 0 Å². The van der Waals surface area contributed by atoms with E-state index >= 15 is 0 Å². The van der Waals surface area contributed by atoms with Crippen molar-refractivity contribution in [3.8, 4) is 0 Å². The van der Waals surface area contributed by atoms with Gasteiger partial charge in [-0.1, -0.05) is 0 Å². The first kappa shape index (κ1) is 13.8. The third-order valence-electron chi connectivity index (χ3n) is 1.32. The van der Waals surface area contributed by atoms with Gasteiger partial charge in [-0.25, -0.2) is 13.6 Å². The number of nitrogens with two attached hydrogens (primary N) is 1. The van der Waals surface area contributed by atoms with E-state index in [9.17, 15) is 8.42 Å². The van der Waals surface area contributed by atoms with Crippen molar-refractivity contribution < 1.29 is 22.6 Å². The average molecular weight is 227 g/mol. The van der Waals surface area contributed by atoms with Crippen LogP contribution in [0.5, 0.6) is 0 Å². The molecular formula is C7H17NO5S. The van der Waals surface area contributed by atoms with Gasteiger partial charge in [-0.15, -0.1) is 0 Å². The Labute approximate surface area is 84.4 Å². The lowest BCUT2D eigenvalue weighted by Gasteiger charge is -2.04. The molecule has 0 aromatic heterocycles. The van der Waals surface area contributed by atoms with Crippen LogP contribution in [0.1, 0.15) is 0 Å². The molecule has 0 spiro atoms. The van der Waals surface area contributed by atoms with Gasteiger partial charge in [0.1, 0.15) is 0 Å². The standard InChI is InChI=1S/C7H17NO5S/c1-11-2-3-12-4-5-13-6-7-14(8,9)10/h2-7H2,1H3,(H2,8,9,10). The van der Waals surface area contributed by atoms with Crippen LogP contribution in [0.4, 0.5) is 0 Å². The molecule has 2 N–H and O–H groups in total. The van der Waals surface area contributed by atoms with Crippen molar-refractivity contribution in [1.82, 2.24) is 0 Å². The number of rotatable bonds is 9. The summed E-state index contributed by atoms with van der Waals surface area (Å²) in [4.78, 5) is 0. The van der Waals surface area contributed by atoms with E-state index in [1.54, 1.807) is 7.11 Å². The van der Waals surface area contributed by atoms with E-state index in [-0.39, 0.29) is 12.4 Å². The fourth-order valence-electron chi connectivity index (χ4n) is 0.639. The molecule has 86 valence electrons. The minimum atomic E-state index is -3.41. The van der Waals surface area contributed by atoms with Gasteiger partial charge in [-0.3, -0.25) is 0 Å². The molecule has 0 aliphatic rings. The number of hydrogen-bond acceptors (Lipinski definition) is 5. The van der Waals surface area contributed by atoms with Gasteiger partial charge in [0, 0.05) is 7.11 Å². The molecule has 0 aromatic rings. The van der Waals surface area contributed by atoms with Crippen LogP contribution in [-0.4, -0.2) is 54.3 Å². The molecular weight excluding hydrogens is 210 g/mol. The van der Waals surface area contributed by atoms with E-state index in [1.165, 1.54) is 0 Å². The summed E-state index contributed by atoms with van der Waals surface area (Å²) in [7, 11) is -1.82. The second-order valence-electron chi connectivity index (χ2n) is 2.58. The van der Waals surface area contributed by atoms with E-state index in [2.05, 4.69) is 0 Å². The normalized spacial score (nSPS) is 11.9. The Morgan fingerprint density at radius 2 is 1.50 bits per heavy atom. The first-order valence-corrected chi connectivity index (χ1v) is 5.92. The highest BCUT2D eigenvalue weighted by Gasteiger charge is 2.01. The highest BCUT2D eigenvalue weighted by molar-refractivity contribution is 7.89. The molecule has 6 nitrogen and oxygen atoms in total. The maximum Gasteiger partial charge on any atom is 0.211 e. The summed E-state index contributed by atoms with van der Waals surface area (Å²) in [5, 5.41) is 4.76. The van der Waals surface area contributed by atoms with Gasteiger partial charge in [-0.2, -0.15) is 0 Å². The van der Waals surface area contributed by atoms with E-state index in [4.69, 9.17) is 19.3 Å². The van der Waals surface area contributed by atoms with E-state index in [0.717, 1.165) is 0 Å². The van der Waals surface area contributed by atoms with Gasteiger partial charge in [-0.05, 0) is 0 Å². The van der Waals surface area contributed by atoms with Crippen molar-refractivity contribution in [2.75, 3.05) is 45.9 Å². The van der Waals surface area contributed by atoms with Gasteiger partial charge < -0.3 is 14.2 Å². The molecule has 0 fully saturated rings. The Kier molecular flexibility index (Phi) is 8.01. The maximum atomic E-state index is 10.5. The summed E-state index contributed by atoms with van der Waals surface area (Å²) in [6, 6.07) is 0. The lowest BCUT2D eigenvalue weighted by molar-refractivity contribution is 0.0284. The van der Waals surface area contributed by atoms with Gasteiger partial charge in [0.25, 0.3) is 0 Å². The van der Waals surface area contributed by atoms with Gasteiger partial charge in [0.15, 0.2) is 0 Å². The minimum Gasteiger partial charge on any atom is -0.382 e. The second-order valence-corrected chi connectivity index (χ2v) is 4.32. The number of sulfonamides is 1. The summed E-state index contributed by atoms with van der Waals surface area (Å²) in [5.74, 6) is -0.162. The topological polar surface area (TPSA) is 87.8 Å². The lowest BCUT2D eigenvalue weighted by atomic mass is 10.7. The van der Waals surface area contributed by atoms with Crippen LogP contribution in [0, 0.1) is 0 Å². The average Bonchev–Trinajstić information content (AvgIpc) is 2.08. The molecule has 0 rings (SSSR count). The van der Waals surface area contributed by atoms with Crippen LogP contribution >= 0.6 is 0 Å². The molecule has 7 heteroatoms. The van der Waals surface area contributed by atoms with Crippen LogP contribution in [0.25, 0.3) is 0 Å². The zero-order valence-corrected chi connectivity index (χ0v) is 9.09. The Morgan fingerprint density at radius 1 is 1.00 bits per heavy atom. The number of methoxy groups -OCH3 is 1. The predicted octanol–water partition coefficient (Wildman–Crippen LogP) is -1.05. The molecule has 0 radical (unpaired) electrons. The third kappa shape index (κ3) is 11.8. The quantitative estimate of drug-likeness (QED) is 0.508. The highest BCUT2D eigenvalue weighted by Crippen LogP contribution is 1.82. The van der Waals surface area contributed by atoms with Crippen molar-refractivity contribution in [2.24, 2.45) is 5.14 Å². The Bertz CT molecular complexity index is 216. The molecule has 0 amide bonds. The monoisotopic (exact) mass is 227 g/mol. The SMILES string of the molecule is COCCOCCOCCS(N)(=O)=O. The zero-order chi connectivity index (χ0) is 10.9. The van der Waals surface area contributed by atoms with Gasteiger partial charge in [0.2, 0.25) is 10.0 Å². The Hall–Kier alpha value is -0.210. The van der Waals surface area contributed by atoms with Crippen LogP contribution in [-0.2, 0) is 24.2 Å². The van der Waals surface area contributed by atoms with E-state index in [1.807, 2.05) is 0 Å². The van der Waals surface area contributed by atoms with Crippen molar-refractivity contribution in [3.63, 3.8) is 0 Å². The third-order valence-corrected chi connectivity index (χ3v) is 2.05. The smallest absolute Gasteiger partial charge is 0.211 e. The highest BCUT2D eigenvalue weighted by atomic mass is 32.2. The number of ether oxygens (including phenoxy) is 3. The van der Waals surface area contributed by atoms with Crippen molar-refractivity contribution >= 4 is 10.0 Å². The van der Waals surface area contributed by atoms with Crippen LogP contribution < -0.4 is 5.14 Å². The van der Waals surface area contributed by atoms with Crippen molar-refractivity contribution in [2.45, 2.75) is 0 Å². The molecule has 0 saturated heterocycles. The lowest BCUT2D eigenvalue weighted by Crippen LogP contribution is -2.21. The van der Waals surface area contributed by atoms with E-state index in [0.29, 0.717) is 26.4 Å². The molecule has 0 unspecified atom stereocenters. The summed E-state index contributed by atoms with van der Waals surface area (Å²) >= 11 is 0. The fraction of sp³-hybridized carbons (Fsp3) is 1.00. The minimum absolute atomic E-state index is 0.104. The summed E-state index contributed by atoms with van der Waals surface area (Å²) in [6.07, 6.45) is 0. The fourth-order valence-corrected chi connectivity index (χ4v) is 0.989. The number of primary sulfonamides is 1. The van der Waals surface area contributed by atoms with Crippen LogP contribution in [0.2, 0.25) is 0 Å². The van der Waals surface area contributed by atoms with Crippen LogP contribution in [0.15, 0.2) is 0 Å². The first-order valence-electron chi connectivity index (χ1n) is 4.21. The first-order chi connectivity index (χ1) is 6.56. The van der Waals surface area contributed by atoms with Gasteiger partial charge >= 0.3 is 0 Å². The second kappa shape index (κ2) is 8.13. The Morgan fingerprint density at radius 3 is 2.00 bits per heavy atom. The molecule has 0 atom stereocenters. The Balaban J connectivity index is 3.07. The predicted molar refractivity (Wildman–Crippen MR) is 51.5 cm³/mol. The van der Waals surface area contributed by atoms with E-state index < -0.39 is 10.0 Å². The summed E-state index contributed by atoms with van der Waals surface area (Å²) in [6.45, 7) is 1.94. The maximum absolute atomic E-state index is 10.5. The van der Waals surface area contributed by atoms with Gasteiger partial charge in [0.05, 0.1) is 38.8 Å². The molecule has 0 aromatic carbocycles. The summed E-state index contributed by atoms with van der Waals surface area (Å²) in [5.41, 5.74) is 0. The molecule has 0 bridgehead atoms. The van der Waals surface area contributed by atoms with Crippen LogP contribution in [0.3, 0.4) is 0 Å². The molecule has 0 saturated carbocycles. The molecule has 0 aliphatic carbocycles. The largest absolute Gasteiger partial charge is 0.382 e. The molecule has 14 heavy (non-hydrogen) atoms. The number of hydrogen-bond donors (Lipinski definition) is 1. The molecule has 0 aliphatic heterocycles. The summed E-state index contributed by atoms with van der Waals surface area (Å²) < 4.78 is 35.7. The molecule has 0 heterocycles.